The van der Waals surface area contributed by atoms with E-state index in [1.54, 1.807) is 6.34 Å². The summed E-state index contributed by atoms with van der Waals surface area (Å²) < 4.78 is 0. The van der Waals surface area contributed by atoms with E-state index in [2.05, 4.69) is 68.6 Å². The molecule has 2 nitrogen and oxygen atoms in total. The molecule has 0 N–H and O–H groups in total. The van der Waals surface area contributed by atoms with Crippen molar-refractivity contribution in [3.05, 3.63) is 59.3 Å². The highest BCUT2D eigenvalue weighted by Gasteiger charge is 2.23. The maximum Gasteiger partial charge on any atom is 0.110 e. The third-order valence-electron chi connectivity index (χ3n) is 4.20. The molecule has 2 heteroatoms. The monoisotopic (exact) mass is 308 g/mol. The van der Waals surface area contributed by atoms with Crippen molar-refractivity contribution in [2.45, 2.75) is 58.9 Å². The Morgan fingerprint density at radius 3 is 2.78 bits per heavy atom. The summed E-state index contributed by atoms with van der Waals surface area (Å²) in [5.41, 5.74) is 6.38. The number of aliphatic imine (C=N–C) groups is 2. The van der Waals surface area contributed by atoms with E-state index in [9.17, 15) is 0 Å². The quantitative estimate of drug-likeness (QED) is 0.456. The van der Waals surface area contributed by atoms with Gasteiger partial charge in [0.1, 0.15) is 6.34 Å². The van der Waals surface area contributed by atoms with Gasteiger partial charge in [-0.15, -0.1) is 6.58 Å². The van der Waals surface area contributed by atoms with E-state index >= 15 is 0 Å². The maximum absolute atomic E-state index is 4.53. The first-order chi connectivity index (χ1) is 10.9. The molecule has 0 amide bonds. The Kier molecular flexibility index (Phi) is 5.70. The smallest absolute Gasteiger partial charge is 0.110 e. The van der Waals surface area contributed by atoms with Crippen molar-refractivity contribution in [1.29, 1.82) is 0 Å². The molecular formula is C21H28N2. The van der Waals surface area contributed by atoms with Crippen molar-refractivity contribution < 1.29 is 0 Å². The first-order valence-electron chi connectivity index (χ1n) is 8.39. The van der Waals surface area contributed by atoms with E-state index in [1.165, 1.54) is 28.0 Å². The average molecular weight is 308 g/mol. The van der Waals surface area contributed by atoms with Crippen molar-refractivity contribution in [1.82, 2.24) is 0 Å². The molecule has 23 heavy (non-hydrogen) atoms. The Bertz CT molecular complexity index is 649. The lowest BCUT2D eigenvalue weighted by Crippen LogP contribution is -2.26. The molecule has 0 aromatic heterocycles. The Morgan fingerprint density at radius 1 is 1.30 bits per heavy atom. The van der Waals surface area contributed by atoms with E-state index in [0.717, 1.165) is 25.7 Å². The van der Waals surface area contributed by atoms with Gasteiger partial charge in [-0.05, 0) is 63.7 Å². The van der Waals surface area contributed by atoms with Crippen LogP contribution in [0.15, 0.2) is 69.2 Å². The van der Waals surface area contributed by atoms with Crippen LogP contribution in [0.2, 0.25) is 0 Å². The summed E-state index contributed by atoms with van der Waals surface area (Å²) in [5.74, 6) is 0. The summed E-state index contributed by atoms with van der Waals surface area (Å²) >= 11 is 0. The van der Waals surface area contributed by atoms with Crippen LogP contribution in [0.1, 0.15) is 53.4 Å². The highest BCUT2D eigenvalue weighted by molar-refractivity contribution is 6.06. The summed E-state index contributed by atoms with van der Waals surface area (Å²) in [6, 6.07) is 0. The minimum Gasteiger partial charge on any atom is -0.267 e. The molecule has 1 aliphatic heterocycles. The molecule has 2 rings (SSSR count). The van der Waals surface area contributed by atoms with Crippen LogP contribution in [-0.4, -0.2) is 17.6 Å². The second-order valence-electron chi connectivity index (χ2n) is 6.98. The molecule has 1 aliphatic carbocycles. The molecule has 0 bridgehead atoms. The maximum atomic E-state index is 4.53. The van der Waals surface area contributed by atoms with Gasteiger partial charge in [0, 0.05) is 12.1 Å². The zero-order valence-electron chi connectivity index (χ0n) is 14.9. The second kappa shape index (κ2) is 7.54. The summed E-state index contributed by atoms with van der Waals surface area (Å²) in [5, 5.41) is 0. The molecule has 0 saturated heterocycles. The Hall–Kier alpha value is -1.96. The highest BCUT2D eigenvalue weighted by atomic mass is 15.0. The topological polar surface area (TPSA) is 24.7 Å². The molecule has 0 fully saturated rings. The molecule has 0 aromatic carbocycles. The average Bonchev–Trinajstić information content (AvgIpc) is 2.68. The lowest BCUT2D eigenvalue weighted by atomic mass is 9.91. The van der Waals surface area contributed by atoms with Crippen LogP contribution in [0.25, 0.3) is 0 Å². The van der Waals surface area contributed by atoms with Crippen molar-refractivity contribution in [2.75, 3.05) is 0 Å². The largest absolute Gasteiger partial charge is 0.267 e. The molecule has 0 unspecified atom stereocenters. The van der Waals surface area contributed by atoms with Gasteiger partial charge in [0.2, 0.25) is 0 Å². The lowest BCUT2D eigenvalue weighted by molar-refractivity contribution is 0.542. The summed E-state index contributed by atoms with van der Waals surface area (Å²) in [7, 11) is 0. The fourth-order valence-electron chi connectivity index (χ4n) is 2.86. The predicted molar refractivity (Wildman–Crippen MR) is 102 cm³/mol. The van der Waals surface area contributed by atoms with Gasteiger partial charge in [-0.3, -0.25) is 4.99 Å². The van der Waals surface area contributed by atoms with Crippen LogP contribution >= 0.6 is 0 Å². The van der Waals surface area contributed by atoms with Crippen LogP contribution in [0, 0.1) is 0 Å². The third-order valence-corrected chi connectivity index (χ3v) is 4.20. The molecule has 0 radical (unpaired) electrons. The van der Waals surface area contributed by atoms with Crippen LogP contribution < -0.4 is 0 Å². The van der Waals surface area contributed by atoms with Gasteiger partial charge in [-0.25, -0.2) is 4.99 Å². The number of nitrogens with zero attached hydrogens (tertiary/aromatic N) is 2. The summed E-state index contributed by atoms with van der Waals surface area (Å²) in [4.78, 5) is 8.98. The number of allylic oxidation sites excluding steroid dienone is 9. The lowest BCUT2D eigenvalue weighted by Gasteiger charge is -2.24. The Balaban J connectivity index is 2.18. The number of hydrogen-bond acceptors (Lipinski definition) is 2. The highest BCUT2D eigenvalue weighted by Crippen LogP contribution is 2.27. The fraction of sp³-hybridized carbons (Fsp3) is 0.429. The van der Waals surface area contributed by atoms with Gasteiger partial charge >= 0.3 is 0 Å². The van der Waals surface area contributed by atoms with Gasteiger partial charge < -0.3 is 0 Å². The van der Waals surface area contributed by atoms with E-state index < -0.39 is 0 Å². The zero-order valence-corrected chi connectivity index (χ0v) is 14.9. The SMILES string of the molecule is C=CCC/C=C(\C)C1=CCC(C2=NC=NC(C)(C)C2)=CC(C)=C1. The minimum atomic E-state index is -0.0467. The van der Waals surface area contributed by atoms with Crippen molar-refractivity contribution in [2.24, 2.45) is 9.98 Å². The van der Waals surface area contributed by atoms with Crippen LogP contribution in [0.3, 0.4) is 0 Å². The minimum absolute atomic E-state index is 0.0467. The van der Waals surface area contributed by atoms with Gasteiger partial charge in [0.05, 0.1) is 5.54 Å². The van der Waals surface area contributed by atoms with Crippen molar-refractivity contribution in [3.8, 4) is 0 Å². The normalized spacial score (nSPS) is 21.0. The van der Waals surface area contributed by atoms with Gasteiger partial charge in [0.25, 0.3) is 0 Å². The van der Waals surface area contributed by atoms with Crippen LogP contribution in [-0.2, 0) is 0 Å². The van der Waals surface area contributed by atoms with Crippen LogP contribution in [0.5, 0.6) is 0 Å². The summed E-state index contributed by atoms with van der Waals surface area (Å²) in [6.07, 6.45) is 16.8. The van der Waals surface area contributed by atoms with Gasteiger partial charge in [0.15, 0.2) is 0 Å². The molecule has 2 aliphatic rings. The molecule has 1 heterocycles. The van der Waals surface area contributed by atoms with Crippen molar-refractivity contribution >= 4 is 12.1 Å². The first kappa shape index (κ1) is 17.4. The van der Waals surface area contributed by atoms with Crippen LogP contribution in [0.4, 0.5) is 0 Å². The van der Waals surface area contributed by atoms with Gasteiger partial charge in [-0.1, -0.05) is 36.0 Å². The predicted octanol–water partition coefficient (Wildman–Crippen LogP) is 5.75. The Labute approximate surface area is 140 Å². The molecule has 0 atom stereocenters. The molecule has 0 aromatic rings. The summed E-state index contributed by atoms with van der Waals surface area (Å²) in [6.45, 7) is 12.5. The zero-order chi connectivity index (χ0) is 16.9. The van der Waals surface area contributed by atoms with Crippen molar-refractivity contribution in [3.63, 3.8) is 0 Å². The molecule has 0 spiro atoms. The van der Waals surface area contributed by atoms with E-state index in [4.69, 9.17) is 0 Å². The number of unbranched alkanes of at least 4 members (excludes halogenated alkanes) is 1. The first-order valence-corrected chi connectivity index (χ1v) is 8.39. The number of hydrogen-bond donors (Lipinski definition) is 0. The second-order valence-corrected chi connectivity index (χ2v) is 6.98. The molecular weight excluding hydrogens is 280 g/mol. The number of rotatable bonds is 5. The van der Waals surface area contributed by atoms with E-state index in [0.29, 0.717) is 0 Å². The molecule has 0 saturated carbocycles. The standard InChI is InChI=1S/C21H28N2/c1-6-7-8-9-17(3)18-10-11-19(13-16(2)12-18)20-14-21(4,5)23-15-22-20/h6,9-10,12-13,15H,1,7-8,11,14H2,2-5H3/b17-9+. The van der Waals surface area contributed by atoms with E-state index in [1.807, 2.05) is 6.08 Å². The van der Waals surface area contributed by atoms with Gasteiger partial charge in [-0.2, -0.15) is 0 Å². The third kappa shape index (κ3) is 5.02. The molecule has 122 valence electrons. The fourth-order valence-corrected chi connectivity index (χ4v) is 2.86. The Morgan fingerprint density at radius 2 is 2.09 bits per heavy atom. The van der Waals surface area contributed by atoms with E-state index in [-0.39, 0.29) is 5.54 Å².